The topological polar surface area (TPSA) is 96.4 Å². The summed E-state index contributed by atoms with van der Waals surface area (Å²) in [6.45, 7) is 15.1. The number of esters is 1. The molecule has 1 spiro atoms. The van der Waals surface area contributed by atoms with Crippen molar-refractivity contribution in [3.63, 3.8) is 0 Å². The summed E-state index contributed by atoms with van der Waals surface area (Å²) in [5.74, 6) is -2.81. The highest BCUT2D eigenvalue weighted by Gasteiger charge is 2.79. The zero-order valence-electron chi connectivity index (χ0n) is 22.9. The summed E-state index contributed by atoms with van der Waals surface area (Å²) >= 11 is 0. The van der Waals surface area contributed by atoms with Crippen molar-refractivity contribution >= 4 is 23.5 Å². The maximum Gasteiger partial charge on any atom is 0.312 e. The van der Waals surface area contributed by atoms with Gasteiger partial charge >= 0.3 is 5.97 Å². The van der Waals surface area contributed by atoms with Gasteiger partial charge in [-0.2, -0.15) is 0 Å². The predicted octanol–water partition coefficient (Wildman–Crippen LogP) is 3.48. The summed E-state index contributed by atoms with van der Waals surface area (Å²) in [5.41, 5.74) is 0.505. The number of unbranched alkanes of at least 4 members (excludes halogenated alkanes) is 1. The van der Waals surface area contributed by atoms with Gasteiger partial charge in [0.05, 0.1) is 30.8 Å². The molecule has 0 saturated carbocycles. The average Bonchev–Trinajstić information content (AvgIpc) is 3.45. The molecule has 4 rings (SSSR count). The van der Waals surface area contributed by atoms with Crippen LogP contribution in [0.2, 0.25) is 0 Å². The van der Waals surface area contributed by atoms with E-state index in [4.69, 9.17) is 9.47 Å². The highest BCUT2D eigenvalue weighted by molar-refractivity contribution is 6.05. The van der Waals surface area contributed by atoms with Crippen LogP contribution in [-0.2, 0) is 23.9 Å². The van der Waals surface area contributed by atoms with Gasteiger partial charge in [-0.05, 0) is 64.5 Å². The molecule has 3 saturated heterocycles. The van der Waals surface area contributed by atoms with E-state index in [0.717, 1.165) is 16.8 Å². The van der Waals surface area contributed by atoms with E-state index < -0.39 is 41.1 Å². The number of carbonyl (C=O) groups is 3. The van der Waals surface area contributed by atoms with Crippen molar-refractivity contribution in [3.05, 3.63) is 54.6 Å². The van der Waals surface area contributed by atoms with Gasteiger partial charge in [-0.1, -0.05) is 30.4 Å². The molecule has 8 heteroatoms. The highest BCUT2D eigenvalue weighted by atomic mass is 16.6. The minimum Gasteiger partial charge on any atom is -0.465 e. The van der Waals surface area contributed by atoms with Crippen LogP contribution in [0.5, 0.6) is 0 Å². The number of nitrogens with zero attached hydrogens (tertiary/aromatic N) is 2. The van der Waals surface area contributed by atoms with Crippen molar-refractivity contribution in [2.75, 3.05) is 24.7 Å². The number of ether oxygens (including phenoxy) is 2. The molecule has 1 N–H and O–H groups in total. The second kappa shape index (κ2) is 10.7. The van der Waals surface area contributed by atoms with Gasteiger partial charge in [0, 0.05) is 12.2 Å². The SMILES string of the molecule is C=CCCCOC(=O)[C@@H]1[C@H]2C(=O)N([C@H](C)CO)C(C(=O)N(CC=C)c3c(C)cccc3C)C23CC[C@@]1(C)O3. The molecule has 206 valence electrons. The third-order valence-electron chi connectivity index (χ3n) is 8.53. The number of benzene rings is 1. The zero-order chi connectivity index (χ0) is 27.8. The van der Waals surface area contributed by atoms with Crippen LogP contribution in [0, 0.1) is 25.7 Å². The third-order valence-corrected chi connectivity index (χ3v) is 8.53. The minimum atomic E-state index is -1.19. The first-order valence-corrected chi connectivity index (χ1v) is 13.5. The summed E-state index contributed by atoms with van der Waals surface area (Å²) in [5, 5.41) is 10.1. The van der Waals surface area contributed by atoms with E-state index in [9.17, 15) is 19.5 Å². The maximum atomic E-state index is 14.6. The van der Waals surface area contributed by atoms with Crippen LogP contribution in [0.4, 0.5) is 5.69 Å². The third kappa shape index (κ3) is 4.28. The van der Waals surface area contributed by atoms with Crippen LogP contribution in [0.15, 0.2) is 43.5 Å². The zero-order valence-corrected chi connectivity index (χ0v) is 22.9. The molecule has 3 heterocycles. The van der Waals surface area contributed by atoms with Gasteiger partial charge in [-0.25, -0.2) is 0 Å². The lowest BCUT2D eigenvalue weighted by Gasteiger charge is -2.39. The minimum absolute atomic E-state index is 0.226. The molecule has 3 aliphatic heterocycles. The smallest absolute Gasteiger partial charge is 0.312 e. The number of rotatable bonds is 11. The highest BCUT2D eigenvalue weighted by Crippen LogP contribution is 2.63. The van der Waals surface area contributed by atoms with E-state index in [1.807, 2.05) is 39.0 Å². The maximum absolute atomic E-state index is 14.6. The Morgan fingerprint density at radius 1 is 1.26 bits per heavy atom. The van der Waals surface area contributed by atoms with Crippen LogP contribution >= 0.6 is 0 Å². The number of anilines is 1. The Morgan fingerprint density at radius 3 is 2.55 bits per heavy atom. The Bertz CT molecular complexity index is 1110. The Kier molecular flexibility index (Phi) is 7.86. The van der Waals surface area contributed by atoms with E-state index >= 15 is 0 Å². The molecule has 8 nitrogen and oxygen atoms in total. The van der Waals surface area contributed by atoms with Crippen molar-refractivity contribution in [2.45, 2.75) is 76.7 Å². The summed E-state index contributed by atoms with van der Waals surface area (Å²) < 4.78 is 12.3. The normalized spacial score (nSPS) is 30.2. The molecule has 0 aliphatic carbocycles. The number of aliphatic hydroxyl groups is 1. The number of hydrogen-bond donors (Lipinski definition) is 1. The van der Waals surface area contributed by atoms with Gasteiger partial charge in [0.2, 0.25) is 5.91 Å². The first kappa shape index (κ1) is 28.0. The van der Waals surface area contributed by atoms with E-state index in [2.05, 4.69) is 13.2 Å². The fraction of sp³-hybridized carbons (Fsp3) is 0.567. The number of para-hydroxylation sites is 1. The number of carbonyl (C=O) groups excluding carboxylic acids is 3. The molecule has 1 aromatic carbocycles. The van der Waals surface area contributed by atoms with Gasteiger partial charge in [-0.15, -0.1) is 13.2 Å². The predicted molar refractivity (Wildman–Crippen MR) is 144 cm³/mol. The first-order valence-electron chi connectivity index (χ1n) is 13.5. The Hall–Kier alpha value is -2.97. The summed E-state index contributed by atoms with van der Waals surface area (Å²) in [6.07, 6.45) is 5.77. The van der Waals surface area contributed by atoms with Crippen LogP contribution in [0.25, 0.3) is 0 Å². The van der Waals surface area contributed by atoms with E-state index in [-0.39, 0.29) is 31.6 Å². The van der Waals surface area contributed by atoms with Crippen molar-refractivity contribution < 1.29 is 29.0 Å². The van der Waals surface area contributed by atoms with Crippen molar-refractivity contribution in [1.82, 2.24) is 4.90 Å². The first-order chi connectivity index (χ1) is 18.1. The number of allylic oxidation sites excluding steroid dienone is 1. The summed E-state index contributed by atoms with van der Waals surface area (Å²) in [7, 11) is 0. The van der Waals surface area contributed by atoms with Gasteiger partial charge in [-0.3, -0.25) is 14.4 Å². The number of fused-ring (bicyclic) bond motifs is 1. The van der Waals surface area contributed by atoms with E-state index in [0.29, 0.717) is 25.7 Å². The van der Waals surface area contributed by atoms with Crippen LogP contribution < -0.4 is 4.90 Å². The summed E-state index contributed by atoms with van der Waals surface area (Å²) in [4.78, 5) is 45.2. The Morgan fingerprint density at radius 2 is 1.95 bits per heavy atom. The molecule has 38 heavy (non-hydrogen) atoms. The van der Waals surface area contributed by atoms with Crippen molar-refractivity contribution in [1.29, 1.82) is 0 Å². The molecule has 3 fully saturated rings. The summed E-state index contributed by atoms with van der Waals surface area (Å²) in [6, 6.07) is 4.18. The van der Waals surface area contributed by atoms with Crippen LogP contribution in [0.1, 0.15) is 50.7 Å². The molecule has 2 unspecified atom stereocenters. The molecule has 3 aliphatic rings. The number of aryl methyl sites for hydroxylation is 2. The number of aliphatic hydroxyl groups excluding tert-OH is 1. The molecule has 6 atom stereocenters. The molecule has 0 radical (unpaired) electrons. The standard InChI is InChI=1S/C30H40N2O6/c1-7-9-10-17-37-28(36)23-22-26(34)32(21(5)18-33)25(30(22)15-14-29(23,6)38-30)27(35)31(16-8-2)24-19(3)12-11-13-20(24)4/h7-8,11-13,21-23,25,33H,1-2,9-10,14-18H2,3-6H3/t21-,22+,23+,25?,29-,30?/m1/s1. The molecule has 0 aromatic heterocycles. The molecule has 2 amide bonds. The van der Waals surface area contributed by atoms with Gasteiger partial charge in [0.25, 0.3) is 5.91 Å². The lowest BCUT2D eigenvalue weighted by atomic mass is 9.66. The average molecular weight is 525 g/mol. The fourth-order valence-electron chi connectivity index (χ4n) is 6.85. The van der Waals surface area contributed by atoms with Gasteiger partial charge in [0.1, 0.15) is 17.6 Å². The van der Waals surface area contributed by atoms with E-state index in [1.165, 1.54) is 4.90 Å². The lowest BCUT2D eigenvalue weighted by Crippen LogP contribution is -2.58. The quantitative estimate of drug-likeness (QED) is 0.271. The fourth-order valence-corrected chi connectivity index (χ4v) is 6.85. The Labute approximate surface area is 225 Å². The lowest BCUT2D eigenvalue weighted by molar-refractivity contribution is -0.160. The number of amides is 2. The second-order valence-corrected chi connectivity index (χ2v) is 11.1. The monoisotopic (exact) mass is 524 g/mol. The molecular formula is C30H40N2O6. The molecule has 2 bridgehead atoms. The van der Waals surface area contributed by atoms with Crippen LogP contribution in [-0.4, -0.2) is 70.8 Å². The van der Waals surface area contributed by atoms with Crippen molar-refractivity contribution in [3.8, 4) is 0 Å². The van der Waals surface area contributed by atoms with E-state index in [1.54, 1.807) is 24.0 Å². The van der Waals surface area contributed by atoms with Crippen molar-refractivity contribution in [2.24, 2.45) is 11.8 Å². The van der Waals surface area contributed by atoms with Crippen LogP contribution in [0.3, 0.4) is 0 Å². The number of likely N-dealkylation sites (tertiary alicyclic amines) is 1. The van der Waals surface area contributed by atoms with Gasteiger partial charge < -0.3 is 24.4 Å². The van der Waals surface area contributed by atoms with Gasteiger partial charge in [0.15, 0.2) is 0 Å². The molecule has 1 aromatic rings. The Balaban J connectivity index is 1.78. The molecular weight excluding hydrogens is 484 g/mol. The number of hydrogen-bond acceptors (Lipinski definition) is 6. The second-order valence-electron chi connectivity index (χ2n) is 11.1. The largest absolute Gasteiger partial charge is 0.465 e.